The van der Waals surface area contributed by atoms with E-state index in [9.17, 15) is 9.59 Å². The Kier molecular flexibility index (Phi) is 4.71. The van der Waals surface area contributed by atoms with Crippen molar-refractivity contribution in [2.24, 2.45) is 0 Å². The molecule has 22 heavy (non-hydrogen) atoms. The Morgan fingerprint density at radius 3 is 2.64 bits per heavy atom. The summed E-state index contributed by atoms with van der Waals surface area (Å²) in [4.78, 5) is 28.8. The first-order valence-electron chi connectivity index (χ1n) is 7.56. The Hall–Kier alpha value is -0.720. The molecule has 2 aliphatic heterocycles. The van der Waals surface area contributed by atoms with Crippen LogP contribution < -0.4 is 4.90 Å². The number of halogens is 2. The Labute approximate surface area is 147 Å². The Bertz CT molecular complexity index is 620. The maximum atomic E-state index is 12.8. The van der Waals surface area contributed by atoms with Gasteiger partial charge in [0, 0.05) is 15.0 Å². The van der Waals surface area contributed by atoms with Crippen molar-refractivity contribution >= 4 is 49.4 Å². The fourth-order valence-corrected chi connectivity index (χ4v) is 4.60. The molecular formula is C16H18Br2N2O2. The van der Waals surface area contributed by atoms with Gasteiger partial charge < -0.3 is 0 Å². The van der Waals surface area contributed by atoms with Gasteiger partial charge >= 0.3 is 0 Å². The van der Waals surface area contributed by atoms with Gasteiger partial charge in [-0.25, -0.2) is 4.90 Å². The molecule has 0 aliphatic carbocycles. The lowest BCUT2D eigenvalue weighted by molar-refractivity contribution is -0.123. The number of imide groups is 1. The van der Waals surface area contributed by atoms with E-state index in [-0.39, 0.29) is 24.3 Å². The topological polar surface area (TPSA) is 40.6 Å². The van der Waals surface area contributed by atoms with Crippen LogP contribution in [0.1, 0.15) is 32.6 Å². The van der Waals surface area contributed by atoms with Crippen molar-refractivity contribution in [1.29, 1.82) is 0 Å². The van der Waals surface area contributed by atoms with E-state index in [4.69, 9.17) is 0 Å². The highest BCUT2D eigenvalue weighted by Crippen LogP contribution is 2.35. The van der Waals surface area contributed by atoms with Gasteiger partial charge in [-0.2, -0.15) is 0 Å². The molecule has 0 saturated carbocycles. The number of amides is 2. The predicted octanol–water partition coefficient (Wildman–Crippen LogP) is 3.72. The number of hydrogen-bond acceptors (Lipinski definition) is 3. The number of piperidine rings is 1. The third-order valence-electron chi connectivity index (χ3n) is 4.53. The Balaban J connectivity index is 1.88. The summed E-state index contributed by atoms with van der Waals surface area (Å²) in [5.74, 6) is -0.211. The summed E-state index contributed by atoms with van der Waals surface area (Å²) < 4.78 is 1.65. The van der Waals surface area contributed by atoms with E-state index in [1.54, 1.807) is 6.07 Å². The van der Waals surface area contributed by atoms with Crippen molar-refractivity contribution in [3.05, 3.63) is 27.1 Å². The second-order valence-corrected chi connectivity index (χ2v) is 7.74. The zero-order valence-corrected chi connectivity index (χ0v) is 15.6. The van der Waals surface area contributed by atoms with Crippen LogP contribution in [-0.4, -0.2) is 35.3 Å². The molecule has 1 aromatic carbocycles. The van der Waals surface area contributed by atoms with Crippen LogP contribution in [-0.2, 0) is 9.59 Å². The van der Waals surface area contributed by atoms with Crippen molar-refractivity contribution < 1.29 is 9.59 Å². The zero-order chi connectivity index (χ0) is 15.9. The molecule has 4 nitrogen and oxygen atoms in total. The molecule has 2 amide bonds. The highest BCUT2D eigenvalue weighted by atomic mass is 79.9. The van der Waals surface area contributed by atoms with Gasteiger partial charge in [0.15, 0.2) is 0 Å². The molecule has 1 aromatic rings. The lowest BCUT2D eigenvalue weighted by atomic mass is 10.0. The molecular weight excluding hydrogens is 412 g/mol. The van der Waals surface area contributed by atoms with Crippen molar-refractivity contribution in [3.63, 3.8) is 0 Å². The molecule has 0 aromatic heterocycles. The van der Waals surface area contributed by atoms with Gasteiger partial charge in [0.1, 0.15) is 0 Å². The Morgan fingerprint density at radius 2 is 1.95 bits per heavy atom. The standard InChI is InChI=1S/C16H18Br2N2O2/c1-10-4-2-3-7-19(10)14-9-15(21)20(16(14)22)13-6-5-11(17)8-12(13)18/h5-6,8,10,14H,2-4,7,9H2,1H3. The monoisotopic (exact) mass is 428 g/mol. The van der Waals surface area contributed by atoms with E-state index in [0.717, 1.165) is 28.3 Å². The molecule has 118 valence electrons. The quantitative estimate of drug-likeness (QED) is 0.672. The maximum absolute atomic E-state index is 12.8. The van der Waals surface area contributed by atoms with Crippen molar-refractivity contribution in [2.45, 2.75) is 44.7 Å². The SMILES string of the molecule is CC1CCCCN1C1CC(=O)N(c2ccc(Br)cc2Br)C1=O. The molecule has 2 fully saturated rings. The van der Waals surface area contributed by atoms with Crippen LogP contribution >= 0.6 is 31.9 Å². The van der Waals surface area contributed by atoms with Crippen molar-refractivity contribution in [1.82, 2.24) is 4.90 Å². The van der Waals surface area contributed by atoms with Gasteiger partial charge in [-0.1, -0.05) is 22.4 Å². The third kappa shape index (κ3) is 2.88. The van der Waals surface area contributed by atoms with Crippen LogP contribution in [0.5, 0.6) is 0 Å². The molecule has 2 heterocycles. The number of carbonyl (C=O) groups excluding carboxylic acids is 2. The summed E-state index contributed by atoms with van der Waals surface area (Å²) in [6.07, 6.45) is 3.68. The van der Waals surface area contributed by atoms with E-state index in [2.05, 4.69) is 43.7 Å². The summed E-state index contributed by atoms with van der Waals surface area (Å²) in [6.45, 7) is 3.05. The van der Waals surface area contributed by atoms with Crippen molar-refractivity contribution in [2.75, 3.05) is 11.4 Å². The first-order valence-corrected chi connectivity index (χ1v) is 9.15. The fourth-order valence-electron chi connectivity index (χ4n) is 3.37. The average molecular weight is 430 g/mol. The normalized spacial score (nSPS) is 26.8. The van der Waals surface area contributed by atoms with Gasteiger partial charge in [0.2, 0.25) is 5.91 Å². The number of likely N-dealkylation sites (tertiary alicyclic amines) is 1. The number of hydrogen-bond donors (Lipinski definition) is 0. The van der Waals surface area contributed by atoms with Crippen molar-refractivity contribution in [3.8, 4) is 0 Å². The minimum absolute atomic E-state index is 0.0956. The second kappa shape index (κ2) is 6.42. The van der Waals surface area contributed by atoms with Crippen LogP contribution in [0.3, 0.4) is 0 Å². The molecule has 2 atom stereocenters. The second-order valence-electron chi connectivity index (χ2n) is 5.97. The van der Waals surface area contributed by atoms with E-state index in [1.807, 2.05) is 12.1 Å². The van der Waals surface area contributed by atoms with Gasteiger partial charge in [0.05, 0.1) is 18.2 Å². The molecule has 0 spiro atoms. The van der Waals surface area contributed by atoms with E-state index < -0.39 is 0 Å². The van der Waals surface area contributed by atoms with E-state index in [0.29, 0.717) is 11.7 Å². The molecule has 0 N–H and O–H groups in total. The number of anilines is 1. The van der Waals surface area contributed by atoms with E-state index >= 15 is 0 Å². The smallest absolute Gasteiger partial charge is 0.251 e. The highest BCUT2D eigenvalue weighted by Gasteiger charge is 2.44. The van der Waals surface area contributed by atoms with Crippen LogP contribution in [0.15, 0.2) is 27.1 Å². The number of carbonyl (C=O) groups is 2. The van der Waals surface area contributed by atoms with Crippen LogP contribution in [0, 0.1) is 0 Å². The van der Waals surface area contributed by atoms with Gasteiger partial charge in [-0.15, -0.1) is 0 Å². The highest BCUT2D eigenvalue weighted by molar-refractivity contribution is 9.11. The van der Waals surface area contributed by atoms with Crippen LogP contribution in [0.2, 0.25) is 0 Å². The predicted molar refractivity (Wildman–Crippen MR) is 92.8 cm³/mol. The molecule has 3 rings (SSSR count). The first-order chi connectivity index (χ1) is 10.5. The minimum Gasteiger partial charge on any atom is -0.289 e. The zero-order valence-electron chi connectivity index (χ0n) is 12.4. The summed E-state index contributed by atoms with van der Waals surface area (Å²) in [7, 11) is 0. The van der Waals surface area contributed by atoms with Crippen LogP contribution in [0.4, 0.5) is 5.69 Å². The maximum Gasteiger partial charge on any atom is 0.251 e. The molecule has 2 unspecified atom stereocenters. The number of rotatable bonds is 2. The van der Waals surface area contributed by atoms with E-state index in [1.165, 1.54) is 11.3 Å². The van der Waals surface area contributed by atoms with Crippen LogP contribution in [0.25, 0.3) is 0 Å². The third-order valence-corrected chi connectivity index (χ3v) is 5.66. The van der Waals surface area contributed by atoms with Gasteiger partial charge in [0.25, 0.3) is 5.91 Å². The average Bonchev–Trinajstić information content (AvgIpc) is 2.75. The summed E-state index contributed by atoms with van der Waals surface area (Å²) in [6, 6.07) is 5.55. The fraction of sp³-hybridized carbons (Fsp3) is 0.500. The Morgan fingerprint density at radius 1 is 1.18 bits per heavy atom. The summed E-state index contributed by atoms with van der Waals surface area (Å²) in [5, 5.41) is 0. The van der Waals surface area contributed by atoms with Gasteiger partial charge in [-0.3, -0.25) is 14.5 Å². The molecule has 2 aliphatic rings. The minimum atomic E-state index is -0.307. The lowest BCUT2D eigenvalue weighted by Crippen LogP contribution is -2.48. The molecule has 0 bridgehead atoms. The lowest BCUT2D eigenvalue weighted by Gasteiger charge is -2.36. The largest absolute Gasteiger partial charge is 0.289 e. The number of nitrogens with zero attached hydrogens (tertiary/aromatic N) is 2. The molecule has 6 heteroatoms. The number of benzene rings is 1. The van der Waals surface area contributed by atoms with Gasteiger partial charge in [-0.05, 0) is 60.4 Å². The first kappa shape index (κ1) is 16.1. The summed E-state index contributed by atoms with van der Waals surface area (Å²) in [5.41, 5.74) is 0.630. The molecule has 0 radical (unpaired) electrons. The molecule has 2 saturated heterocycles. The summed E-state index contributed by atoms with van der Waals surface area (Å²) >= 11 is 6.84.